The maximum Gasteiger partial charge on any atom is 0.225 e. The third-order valence-corrected chi connectivity index (χ3v) is 3.89. The number of rotatable bonds is 3. The van der Waals surface area contributed by atoms with Gasteiger partial charge in [0.05, 0.1) is 5.92 Å². The predicted molar refractivity (Wildman–Crippen MR) is 68.1 cm³/mol. The van der Waals surface area contributed by atoms with Crippen molar-refractivity contribution in [3.8, 4) is 0 Å². The van der Waals surface area contributed by atoms with E-state index in [1.807, 2.05) is 12.1 Å². The number of carbonyl (C=O) groups is 1. The quantitative estimate of drug-likeness (QED) is 0.863. The lowest BCUT2D eigenvalue weighted by atomic mass is 9.92. The summed E-state index contributed by atoms with van der Waals surface area (Å²) in [5.74, 6) is 1.19. The number of hydrogen-bond acceptors (Lipinski definition) is 4. The molecule has 0 bridgehead atoms. The van der Waals surface area contributed by atoms with Crippen molar-refractivity contribution < 1.29 is 4.79 Å². The SMILES string of the molecule is O=C(NC1CCC1)[C@H]1CCN(c2cccnn2)C1. The zero-order valence-electron chi connectivity index (χ0n) is 10.4. The van der Waals surface area contributed by atoms with E-state index in [1.165, 1.54) is 6.42 Å². The molecule has 1 amide bonds. The van der Waals surface area contributed by atoms with Crippen LogP contribution in [-0.2, 0) is 4.79 Å². The van der Waals surface area contributed by atoms with E-state index < -0.39 is 0 Å². The number of aromatic nitrogens is 2. The van der Waals surface area contributed by atoms with Gasteiger partial charge in [-0.05, 0) is 37.8 Å². The summed E-state index contributed by atoms with van der Waals surface area (Å²) < 4.78 is 0. The van der Waals surface area contributed by atoms with Crippen molar-refractivity contribution in [2.45, 2.75) is 31.7 Å². The van der Waals surface area contributed by atoms with Gasteiger partial charge in [-0.15, -0.1) is 5.10 Å². The normalized spacial score (nSPS) is 23.8. The first-order valence-corrected chi connectivity index (χ1v) is 6.66. The lowest BCUT2D eigenvalue weighted by Gasteiger charge is -2.27. The van der Waals surface area contributed by atoms with Crippen molar-refractivity contribution in [2.75, 3.05) is 18.0 Å². The molecule has 3 rings (SSSR count). The minimum absolute atomic E-state index is 0.104. The van der Waals surface area contributed by atoms with Gasteiger partial charge in [-0.25, -0.2) is 0 Å². The Labute approximate surface area is 107 Å². The Bertz CT molecular complexity index is 418. The van der Waals surface area contributed by atoms with E-state index in [-0.39, 0.29) is 11.8 Å². The second kappa shape index (κ2) is 4.92. The predicted octanol–water partition coefficient (Wildman–Crippen LogP) is 0.972. The first-order chi connectivity index (χ1) is 8.83. The lowest BCUT2D eigenvalue weighted by molar-refractivity contribution is -0.125. The molecule has 0 aromatic carbocycles. The molecule has 1 aromatic heterocycles. The molecule has 1 atom stereocenters. The van der Waals surface area contributed by atoms with E-state index in [9.17, 15) is 4.79 Å². The molecule has 0 radical (unpaired) electrons. The number of nitrogens with zero attached hydrogens (tertiary/aromatic N) is 3. The Morgan fingerprint density at radius 1 is 1.39 bits per heavy atom. The maximum atomic E-state index is 12.1. The smallest absolute Gasteiger partial charge is 0.225 e. The summed E-state index contributed by atoms with van der Waals surface area (Å²) in [4.78, 5) is 14.2. The van der Waals surface area contributed by atoms with Crippen molar-refractivity contribution in [2.24, 2.45) is 5.92 Å². The largest absolute Gasteiger partial charge is 0.354 e. The highest BCUT2D eigenvalue weighted by atomic mass is 16.2. The van der Waals surface area contributed by atoms with Gasteiger partial charge in [-0.1, -0.05) is 0 Å². The number of hydrogen-bond donors (Lipinski definition) is 1. The Hall–Kier alpha value is -1.65. The fourth-order valence-corrected chi connectivity index (χ4v) is 2.52. The average Bonchev–Trinajstić information content (AvgIpc) is 2.84. The summed E-state index contributed by atoms with van der Waals surface area (Å²) in [7, 11) is 0. The molecular formula is C13H18N4O. The van der Waals surface area contributed by atoms with Gasteiger partial charge in [-0.3, -0.25) is 4.79 Å². The van der Waals surface area contributed by atoms with Gasteiger partial charge in [0, 0.05) is 25.3 Å². The van der Waals surface area contributed by atoms with Gasteiger partial charge in [0.1, 0.15) is 0 Å². The van der Waals surface area contributed by atoms with Crippen molar-refractivity contribution in [3.63, 3.8) is 0 Å². The molecule has 5 nitrogen and oxygen atoms in total. The molecule has 18 heavy (non-hydrogen) atoms. The second-order valence-electron chi connectivity index (χ2n) is 5.15. The van der Waals surface area contributed by atoms with Crippen LogP contribution in [0.15, 0.2) is 18.3 Å². The molecule has 2 fully saturated rings. The summed E-state index contributed by atoms with van der Waals surface area (Å²) in [6, 6.07) is 4.26. The topological polar surface area (TPSA) is 58.1 Å². The fourth-order valence-electron chi connectivity index (χ4n) is 2.52. The van der Waals surface area contributed by atoms with Crippen molar-refractivity contribution in [3.05, 3.63) is 18.3 Å². The van der Waals surface area contributed by atoms with Crippen LogP contribution in [0.1, 0.15) is 25.7 Å². The number of amides is 1. The monoisotopic (exact) mass is 246 g/mol. The molecule has 1 aliphatic carbocycles. The van der Waals surface area contributed by atoms with E-state index in [0.29, 0.717) is 6.04 Å². The van der Waals surface area contributed by atoms with Crippen LogP contribution >= 0.6 is 0 Å². The molecule has 2 heterocycles. The van der Waals surface area contributed by atoms with Crippen molar-refractivity contribution >= 4 is 11.7 Å². The third kappa shape index (κ3) is 2.30. The highest BCUT2D eigenvalue weighted by Gasteiger charge is 2.31. The number of nitrogens with one attached hydrogen (secondary N) is 1. The van der Waals surface area contributed by atoms with Crippen LogP contribution in [0, 0.1) is 5.92 Å². The highest BCUT2D eigenvalue weighted by molar-refractivity contribution is 5.80. The van der Waals surface area contributed by atoms with Crippen molar-refractivity contribution in [1.82, 2.24) is 15.5 Å². The number of anilines is 1. The Morgan fingerprint density at radius 3 is 2.94 bits per heavy atom. The van der Waals surface area contributed by atoms with Crippen LogP contribution in [0.25, 0.3) is 0 Å². The van der Waals surface area contributed by atoms with Crippen LogP contribution in [-0.4, -0.2) is 35.2 Å². The summed E-state index contributed by atoms with van der Waals surface area (Å²) in [6.07, 6.45) is 6.12. The number of carbonyl (C=O) groups excluding carboxylic acids is 1. The first kappa shape index (κ1) is 11.4. The second-order valence-corrected chi connectivity index (χ2v) is 5.15. The Morgan fingerprint density at radius 2 is 2.28 bits per heavy atom. The molecule has 1 aromatic rings. The fraction of sp³-hybridized carbons (Fsp3) is 0.615. The molecule has 96 valence electrons. The standard InChI is InChI=1S/C13H18N4O/c18-13(15-11-3-1-4-11)10-6-8-17(9-10)12-5-2-7-14-16-12/h2,5,7,10-11H,1,3-4,6,8-9H2,(H,15,18)/t10-/m0/s1. The molecule has 2 aliphatic rings. The molecule has 1 aliphatic heterocycles. The third-order valence-electron chi connectivity index (χ3n) is 3.89. The first-order valence-electron chi connectivity index (χ1n) is 6.66. The van der Waals surface area contributed by atoms with Gasteiger partial charge in [-0.2, -0.15) is 5.10 Å². The molecule has 1 saturated heterocycles. The van der Waals surface area contributed by atoms with E-state index in [2.05, 4.69) is 20.4 Å². The van der Waals surface area contributed by atoms with E-state index in [0.717, 1.165) is 38.2 Å². The lowest BCUT2D eigenvalue weighted by Crippen LogP contribution is -2.43. The highest BCUT2D eigenvalue weighted by Crippen LogP contribution is 2.23. The maximum absolute atomic E-state index is 12.1. The summed E-state index contributed by atoms with van der Waals surface area (Å²) in [5, 5.41) is 11.1. The molecule has 1 N–H and O–H groups in total. The molecular weight excluding hydrogens is 228 g/mol. The van der Waals surface area contributed by atoms with Gasteiger partial charge < -0.3 is 10.2 Å². The zero-order chi connectivity index (χ0) is 12.4. The van der Waals surface area contributed by atoms with Gasteiger partial charge in [0.15, 0.2) is 5.82 Å². The van der Waals surface area contributed by atoms with Gasteiger partial charge in [0.25, 0.3) is 0 Å². The molecule has 5 heteroatoms. The van der Waals surface area contributed by atoms with Crippen LogP contribution < -0.4 is 10.2 Å². The molecule has 0 unspecified atom stereocenters. The summed E-state index contributed by atoms with van der Waals surface area (Å²) in [6.45, 7) is 1.65. The van der Waals surface area contributed by atoms with Crippen LogP contribution in [0.2, 0.25) is 0 Å². The van der Waals surface area contributed by atoms with E-state index in [1.54, 1.807) is 6.20 Å². The molecule has 1 saturated carbocycles. The Balaban J connectivity index is 1.56. The van der Waals surface area contributed by atoms with E-state index in [4.69, 9.17) is 0 Å². The van der Waals surface area contributed by atoms with Crippen molar-refractivity contribution in [1.29, 1.82) is 0 Å². The van der Waals surface area contributed by atoms with Gasteiger partial charge in [0.2, 0.25) is 5.91 Å². The summed E-state index contributed by atoms with van der Waals surface area (Å²) >= 11 is 0. The average molecular weight is 246 g/mol. The van der Waals surface area contributed by atoms with E-state index >= 15 is 0 Å². The zero-order valence-corrected chi connectivity index (χ0v) is 10.4. The molecule has 0 spiro atoms. The minimum Gasteiger partial charge on any atom is -0.354 e. The van der Waals surface area contributed by atoms with Crippen LogP contribution in [0.4, 0.5) is 5.82 Å². The Kier molecular flexibility index (Phi) is 3.13. The van der Waals surface area contributed by atoms with Gasteiger partial charge >= 0.3 is 0 Å². The minimum atomic E-state index is 0.104. The van der Waals surface area contributed by atoms with Crippen LogP contribution in [0.3, 0.4) is 0 Å². The summed E-state index contributed by atoms with van der Waals surface area (Å²) in [5.41, 5.74) is 0. The van der Waals surface area contributed by atoms with Crippen LogP contribution in [0.5, 0.6) is 0 Å².